The Morgan fingerprint density at radius 1 is 1.38 bits per heavy atom. The van der Waals surface area contributed by atoms with Crippen LogP contribution >= 0.6 is 12.2 Å². The van der Waals surface area contributed by atoms with Crippen molar-refractivity contribution in [2.45, 2.75) is 5.75 Å². The molecule has 0 bridgehead atoms. The zero-order valence-electron chi connectivity index (χ0n) is 8.59. The fraction of sp³-hybridized carbons (Fsp3) is 0.300. The van der Waals surface area contributed by atoms with Crippen molar-refractivity contribution in [1.82, 2.24) is 0 Å². The van der Waals surface area contributed by atoms with E-state index in [1.54, 1.807) is 24.3 Å². The van der Waals surface area contributed by atoms with Crippen LogP contribution in [-0.2, 0) is 15.6 Å². The lowest BCUT2D eigenvalue weighted by Crippen LogP contribution is -2.17. The summed E-state index contributed by atoms with van der Waals surface area (Å²) < 4.78 is 23.1. The molecule has 3 N–H and O–H groups in total. The van der Waals surface area contributed by atoms with Gasteiger partial charge in [-0.25, -0.2) is 8.42 Å². The van der Waals surface area contributed by atoms with Gasteiger partial charge < -0.3 is 10.8 Å². The standard InChI is InChI=1S/C10H13NO3S2/c11-10(15)9-4-2-1-3-8(9)7-16(13,14)6-5-12/h1-4,12H,5-7H2,(H2,11,15). The SMILES string of the molecule is NC(=S)c1ccccc1CS(=O)(=O)CCO. The van der Waals surface area contributed by atoms with E-state index in [1.807, 2.05) is 0 Å². The molecule has 0 unspecified atom stereocenters. The minimum Gasteiger partial charge on any atom is -0.395 e. The second kappa shape index (κ2) is 5.38. The second-order valence-electron chi connectivity index (χ2n) is 3.34. The van der Waals surface area contributed by atoms with Gasteiger partial charge in [-0.1, -0.05) is 36.5 Å². The molecule has 0 spiro atoms. The third kappa shape index (κ3) is 3.55. The summed E-state index contributed by atoms with van der Waals surface area (Å²) in [5.74, 6) is -0.403. The monoisotopic (exact) mass is 259 g/mol. The van der Waals surface area contributed by atoms with Crippen LogP contribution < -0.4 is 5.73 Å². The van der Waals surface area contributed by atoms with Gasteiger partial charge in [0, 0.05) is 5.56 Å². The van der Waals surface area contributed by atoms with Gasteiger partial charge in [-0.05, 0) is 5.56 Å². The molecule has 0 saturated carbocycles. The van der Waals surface area contributed by atoms with Crippen molar-refractivity contribution in [2.24, 2.45) is 5.73 Å². The highest BCUT2D eigenvalue weighted by Crippen LogP contribution is 2.12. The lowest BCUT2D eigenvalue weighted by molar-refractivity contribution is 0.319. The summed E-state index contributed by atoms with van der Waals surface area (Å²) >= 11 is 4.84. The van der Waals surface area contributed by atoms with Gasteiger partial charge in [0.25, 0.3) is 0 Å². The summed E-state index contributed by atoms with van der Waals surface area (Å²) in [6.07, 6.45) is 0. The predicted octanol–water partition coefficient (Wildman–Crippen LogP) is 0.228. The normalized spacial score (nSPS) is 11.3. The van der Waals surface area contributed by atoms with Gasteiger partial charge in [0.1, 0.15) is 4.99 Å². The molecule has 0 atom stereocenters. The van der Waals surface area contributed by atoms with Crippen LogP contribution in [0.1, 0.15) is 11.1 Å². The summed E-state index contributed by atoms with van der Waals surface area (Å²) in [7, 11) is -3.31. The molecule has 0 aromatic heterocycles. The van der Waals surface area contributed by atoms with Crippen molar-refractivity contribution >= 4 is 27.0 Å². The third-order valence-electron chi connectivity index (χ3n) is 2.06. The number of aliphatic hydroxyl groups excluding tert-OH is 1. The lowest BCUT2D eigenvalue weighted by Gasteiger charge is -2.08. The van der Waals surface area contributed by atoms with Crippen LogP contribution in [0.4, 0.5) is 0 Å². The first-order chi connectivity index (χ1) is 7.46. The predicted molar refractivity (Wildman–Crippen MR) is 66.9 cm³/mol. The summed E-state index contributed by atoms with van der Waals surface area (Å²) in [5, 5.41) is 8.63. The van der Waals surface area contributed by atoms with E-state index in [1.165, 1.54) is 0 Å². The Bertz CT molecular complexity index is 483. The molecule has 0 fully saturated rings. The maximum Gasteiger partial charge on any atom is 0.156 e. The molecule has 0 aliphatic heterocycles. The zero-order chi connectivity index (χ0) is 12.2. The number of rotatable bonds is 5. The largest absolute Gasteiger partial charge is 0.395 e. The van der Waals surface area contributed by atoms with Crippen LogP contribution in [-0.4, -0.2) is 30.9 Å². The molecule has 0 aliphatic rings. The maximum absolute atomic E-state index is 11.5. The molecular formula is C10H13NO3S2. The highest BCUT2D eigenvalue weighted by Gasteiger charge is 2.14. The summed E-state index contributed by atoms with van der Waals surface area (Å²) in [4.78, 5) is 0.176. The van der Waals surface area contributed by atoms with Crippen molar-refractivity contribution in [2.75, 3.05) is 12.4 Å². The van der Waals surface area contributed by atoms with E-state index in [9.17, 15) is 8.42 Å². The van der Waals surface area contributed by atoms with Gasteiger partial charge in [0.05, 0.1) is 18.1 Å². The number of nitrogens with two attached hydrogens (primary N) is 1. The average molecular weight is 259 g/mol. The van der Waals surface area contributed by atoms with Crippen molar-refractivity contribution in [1.29, 1.82) is 0 Å². The van der Waals surface area contributed by atoms with Crippen LogP contribution in [0.5, 0.6) is 0 Å². The van der Waals surface area contributed by atoms with Crippen molar-refractivity contribution in [3.8, 4) is 0 Å². The highest BCUT2D eigenvalue weighted by atomic mass is 32.2. The van der Waals surface area contributed by atoms with E-state index in [0.29, 0.717) is 11.1 Å². The molecule has 1 rings (SSSR count). The molecule has 0 heterocycles. The average Bonchev–Trinajstić information content (AvgIpc) is 2.17. The van der Waals surface area contributed by atoms with Gasteiger partial charge in [-0.2, -0.15) is 0 Å². The Balaban J connectivity index is 3.02. The van der Waals surface area contributed by atoms with Crippen LogP contribution in [0.15, 0.2) is 24.3 Å². The topological polar surface area (TPSA) is 80.4 Å². The van der Waals surface area contributed by atoms with E-state index in [0.717, 1.165) is 0 Å². The molecule has 1 aromatic rings. The molecular weight excluding hydrogens is 246 g/mol. The number of hydrogen-bond donors (Lipinski definition) is 2. The number of thiocarbonyl (C=S) groups is 1. The van der Waals surface area contributed by atoms with Gasteiger partial charge >= 0.3 is 0 Å². The number of sulfone groups is 1. The van der Waals surface area contributed by atoms with E-state index in [2.05, 4.69) is 0 Å². The third-order valence-corrected chi connectivity index (χ3v) is 3.84. The maximum atomic E-state index is 11.5. The first-order valence-corrected chi connectivity index (χ1v) is 6.88. The first kappa shape index (κ1) is 13.1. The first-order valence-electron chi connectivity index (χ1n) is 4.65. The van der Waals surface area contributed by atoms with E-state index in [-0.39, 0.29) is 23.1 Å². The number of hydrogen-bond acceptors (Lipinski definition) is 4. The van der Waals surface area contributed by atoms with Crippen molar-refractivity contribution < 1.29 is 13.5 Å². The fourth-order valence-electron chi connectivity index (χ4n) is 1.33. The Labute approximate surface area is 100 Å². The van der Waals surface area contributed by atoms with E-state index < -0.39 is 9.84 Å². The molecule has 0 saturated heterocycles. The highest BCUT2D eigenvalue weighted by molar-refractivity contribution is 7.90. The molecule has 0 amide bonds. The molecule has 1 aromatic carbocycles. The van der Waals surface area contributed by atoms with Crippen LogP contribution in [0.3, 0.4) is 0 Å². The van der Waals surface area contributed by atoms with Crippen LogP contribution in [0, 0.1) is 0 Å². The second-order valence-corrected chi connectivity index (χ2v) is 5.96. The number of benzene rings is 1. The summed E-state index contributed by atoms with van der Waals surface area (Å²) in [6.45, 7) is -0.377. The Morgan fingerprint density at radius 3 is 2.56 bits per heavy atom. The quantitative estimate of drug-likeness (QED) is 0.740. The molecule has 0 radical (unpaired) electrons. The van der Waals surface area contributed by atoms with Crippen LogP contribution in [0.25, 0.3) is 0 Å². The smallest absolute Gasteiger partial charge is 0.156 e. The summed E-state index contributed by atoms with van der Waals surface area (Å²) in [5.41, 5.74) is 6.64. The van der Waals surface area contributed by atoms with Gasteiger partial charge in [-0.15, -0.1) is 0 Å². The fourth-order valence-corrected chi connectivity index (χ4v) is 2.68. The molecule has 88 valence electrons. The Morgan fingerprint density at radius 2 is 2.00 bits per heavy atom. The Hall–Kier alpha value is -0.980. The lowest BCUT2D eigenvalue weighted by atomic mass is 10.1. The van der Waals surface area contributed by atoms with Gasteiger partial charge in [0.2, 0.25) is 0 Å². The Kier molecular flexibility index (Phi) is 4.40. The van der Waals surface area contributed by atoms with Gasteiger partial charge in [0.15, 0.2) is 9.84 Å². The van der Waals surface area contributed by atoms with Crippen LogP contribution in [0.2, 0.25) is 0 Å². The van der Waals surface area contributed by atoms with E-state index >= 15 is 0 Å². The molecule has 6 heteroatoms. The molecule has 4 nitrogen and oxygen atoms in total. The van der Waals surface area contributed by atoms with Crippen molar-refractivity contribution in [3.05, 3.63) is 35.4 Å². The zero-order valence-corrected chi connectivity index (χ0v) is 10.2. The summed E-state index contributed by atoms with van der Waals surface area (Å²) in [6, 6.07) is 6.83. The molecule has 0 aliphatic carbocycles. The number of aliphatic hydroxyl groups is 1. The van der Waals surface area contributed by atoms with Gasteiger partial charge in [-0.3, -0.25) is 0 Å². The minimum absolute atomic E-state index is 0.152. The van der Waals surface area contributed by atoms with E-state index in [4.69, 9.17) is 23.1 Å². The molecule has 16 heavy (non-hydrogen) atoms. The van der Waals surface area contributed by atoms with Crippen molar-refractivity contribution in [3.63, 3.8) is 0 Å². The minimum atomic E-state index is -3.31.